The summed E-state index contributed by atoms with van der Waals surface area (Å²) in [6, 6.07) is 12.8. The van der Waals surface area contributed by atoms with E-state index in [1.807, 2.05) is 0 Å². The Labute approximate surface area is 333 Å². The molecule has 0 aliphatic carbocycles. The van der Waals surface area contributed by atoms with Gasteiger partial charge in [0.2, 0.25) is 0 Å². The summed E-state index contributed by atoms with van der Waals surface area (Å²) >= 11 is 5.14. The van der Waals surface area contributed by atoms with Crippen molar-refractivity contribution in [3.8, 4) is 9.75 Å². The van der Waals surface area contributed by atoms with Gasteiger partial charge in [0, 0.05) is 22.8 Å². The Hall–Kier alpha value is -2.48. The number of hydrogen-bond acceptors (Lipinski definition) is 5. The van der Waals surface area contributed by atoms with Crippen LogP contribution in [0.25, 0.3) is 21.1 Å². The van der Waals surface area contributed by atoms with Crippen molar-refractivity contribution in [2.24, 2.45) is 11.8 Å². The van der Waals surface area contributed by atoms with Gasteiger partial charge in [0.1, 0.15) is 0 Å². The second-order valence-electron chi connectivity index (χ2n) is 15.5. The zero-order valence-electron chi connectivity index (χ0n) is 33.3. The van der Waals surface area contributed by atoms with E-state index in [1.54, 1.807) is 34.0 Å². The van der Waals surface area contributed by atoms with Crippen LogP contribution < -0.4 is 0 Å². The zero-order valence-corrected chi connectivity index (χ0v) is 35.7. The first-order valence-electron chi connectivity index (χ1n) is 21.3. The first-order chi connectivity index (χ1) is 26.0. The fraction of sp³-hybridized carbons (Fsp3) is 0.609. The molecule has 4 nitrogen and oxygen atoms in total. The average Bonchev–Trinajstić information content (AvgIpc) is 4.01. The smallest absolute Gasteiger partial charge is 0.261 e. The Morgan fingerprint density at radius 1 is 0.472 bits per heavy atom. The fourth-order valence-electron chi connectivity index (χ4n) is 8.30. The van der Waals surface area contributed by atoms with Crippen LogP contribution in [0.15, 0.2) is 58.3 Å². The molecule has 5 rings (SSSR count). The van der Waals surface area contributed by atoms with Crippen LogP contribution in [0.3, 0.4) is 0 Å². The molecular formula is C46H66N2O2S3. The van der Waals surface area contributed by atoms with Crippen molar-refractivity contribution in [2.45, 2.75) is 156 Å². The van der Waals surface area contributed by atoms with Gasteiger partial charge in [-0.25, -0.2) is 0 Å². The molecule has 0 N–H and O–H groups in total. The van der Waals surface area contributed by atoms with E-state index in [9.17, 15) is 0 Å². The third-order valence-corrected chi connectivity index (χ3v) is 14.3. The SMILES string of the molecule is CCCCCCC(CCCCCC)CN1C(=O)C2=C(c3ccc(-c4cccs4)s3)N(CC(CCCCCC)CCCCCC)C(=O)C2=C1c1cccs1. The summed E-state index contributed by atoms with van der Waals surface area (Å²) in [5.41, 5.74) is 3.05. The number of carbonyl (C=O) groups excluding carboxylic acids is 2. The van der Waals surface area contributed by atoms with Crippen LogP contribution in [0.4, 0.5) is 0 Å². The van der Waals surface area contributed by atoms with Crippen molar-refractivity contribution in [2.75, 3.05) is 13.1 Å². The lowest BCUT2D eigenvalue weighted by molar-refractivity contribution is -0.124. The normalized spacial score (nSPS) is 14.8. The molecule has 3 aromatic heterocycles. The van der Waals surface area contributed by atoms with Gasteiger partial charge in [0.25, 0.3) is 11.8 Å². The minimum atomic E-state index is 0.0369. The molecule has 0 saturated carbocycles. The second kappa shape index (κ2) is 22.2. The Bertz CT molecular complexity index is 1570. The van der Waals surface area contributed by atoms with Crippen LogP contribution >= 0.6 is 34.0 Å². The molecule has 0 bridgehead atoms. The molecule has 0 fully saturated rings. The highest BCUT2D eigenvalue weighted by atomic mass is 32.1. The second-order valence-corrected chi connectivity index (χ2v) is 18.5. The molecule has 290 valence electrons. The number of fused-ring (bicyclic) bond motifs is 1. The zero-order chi connectivity index (χ0) is 37.4. The molecule has 2 aliphatic rings. The molecule has 0 unspecified atom stereocenters. The standard InChI is InChI=1S/C46H66N2O2S3/c1-5-9-13-17-23-35(24-18-14-10-6-2)33-47-43(39-28-22-32-52-39)41-42(46(47)50)44(40-30-29-38(53-40)37-27-21-31-51-37)48(45(41)49)34-36(25-19-15-11-7-3)26-20-16-12-8-4/h21-22,27-32,35-36H,5-20,23-26,33-34H2,1-4H3. The molecule has 0 spiro atoms. The molecular weight excluding hydrogens is 709 g/mol. The molecule has 2 aliphatic heterocycles. The average molecular weight is 775 g/mol. The van der Waals surface area contributed by atoms with Crippen LogP contribution in [0.1, 0.15) is 166 Å². The summed E-state index contributed by atoms with van der Waals surface area (Å²) in [6.07, 6.45) is 24.3. The maximum atomic E-state index is 15.1. The fourth-order valence-corrected chi connectivity index (χ4v) is 11.0. The van der Waals surface area contributed by atoms with E-state index in [1.165, 1.54) is 112 Å². The number of carbonyl (C=O) groups is 2. The van der Waals surface area contributed by atoms with Gasteiger partial charge >= 0.3 is 0 Å². The van der Waals surface area contributed by atoms with Crippen molar-refractivity contribution >= 4 is 57.2 Å². The van der Waals surface area contributed by atoms with Crippen molar-refractivity contribution in [3.63, 3.8) is 0 Å². The molecule has 0 radical (unpaired) electrons. The summed E-state index contributed by atoms with van der Waals surface area (Å²) in [5, 5.41) is 4.21. The van der Waals surface area contributed by atoms with Crippen LogP contribution in [0.5, 0.6) is 0 Å². The predicted molar refractivity (Wildman–Crippen MR) is 231 cm³/mol. The van der Waals surface area contributed by atoms with E-state index in [0.29, 0.717) is 36.1 Å². The molecule has 2 amide bonds. The van der Waals surface area contributed by atoms with Crippen molar-refractivity contribution in [3.05, 3.63) is 68.1 Å². The number of amides is 2. The van der Waals surface area contributed by atoms with Crippen LogP contribution in [0, 0.1) is 11.8 Å². The van der Waals surface area contributed by atoms with Crippen LogP contribution in [-0.2, 0) is 9.59 Å². The van der Waals surface area contributed by atoms with Gasteiger partial charge in [-0.05, 0) is 72.5 Å². The van der Waals surface area contributed by atoms with Gasteiger partial charge in [-0.3, -0.25) is 9.59 Å². The van der Waals surface area contributed by atoms with Gasteiger partial charge in [-0.2, -0.15) is 0 Å². The molecule has 7 heteroatoms. The molecule has 0 atom stereocenters. The third-order valence-electron chi connectivity index (χ3n) is 11.3. The Morgan fingerprint density at radius 3 is 1.26 bits per heavy atom. The number of rotatable bonds is 27. The summed E-state index contributed by atoms with van der Waals surface area (Å²) in [5.74, 6) is 0.927. The van der Waals surface area contributed by atoms with Gasteiger partial charge in [0.15, 0.2) is 0 Å². The van der Waals surface area contributed by atoms with Crippen LogP contribution in [0.2, 0.25) is 0 Å². The molecule has 3 aromatic rings. The lowest BCUT2D eigenvalue weighted by atomic mass is 9.93. The predicted octanol–water partition coefficient (Wildman–Crippen LogP) is 14.5. The highest BCUT2D eigenvalue weighted by Gasteiger charge is 2.50. The Balaban J connectivity index is 1.54. The van der Waals surface area contributed by atoms with E-state index < -0.39 is 0 Å². The third kappa shape index (κ3) is 11.1. The lowest BCUT2D eigenvalue weighted by Gasteiger charge is -2.29. The highest BCUT2D eigenvalue weighted by molar-refractivity contribution is 7.22. The number of thiophene rings is 3. The maximum Gasteiger partial charge on any atom is 0.261 e. The van der Waals surface area contributed by atoms with E-state index in [2.05, 4.69) is 84.7 Å². The number of hydrogen-bond donors (Lipinski definition) is 0. The van der Waals surface area contributed by atoms with Crippen LogP contribution in [-0.4, -0.2) is 34.7 Å². The molecule has 0 saturated heterocycles. The highest BCUT2D eigenvalue weighted by Crippen LogP contribution is 2.50. The van der Waals surface area contributed by atoms with E-state index in [-0.39, 0.29) is 11.8 Å². The van der Waals surface area contributed by atoms with Crippen molar-refractivity contribution < 1.29 is 9.59 Å². The lowest BCUT2D eigenvalue weighted by Crippen LogP contribution is -2.34. The number of nitrogens with zero attached hydrogens (tertiary/aromatic N) is 2. The monoisotopic (exact) mass is 774 g/mol. The minimum Gasteiger partial charge on any atom is -0.306 e. The Morgan fingerprint density at radius 2 is 0.868 bits per heavy atom. The first kappa shape index (κ1) is 41.7. The Kier molecular flexibility index (Phi) is 17.4. The van der Waals surface area contributed by atoms with E-state index in [4.69, 9.17) is 0 Å². The van der Waals surface area contributed by atoms with Crippen molar-refractivity contribution in [1.82, 2.24) is 9.80 Å². The first-order valence-corrected chi connectivity index (χ1v) is 23.9. The maximum absolute atomic E-state index is 15.1. The van der Waals surface area contributed by atoms with Gasteiger partial charge < -0.3 is 9.80 Å². The molecule has 0 aromatic carbocycles. The minimum absolute atomic E-state index is 0.0369. The summed E-state index contributed by atoms with van der Waals surface area (Å²) < 4.78 is 0. The quantitative estimate of drug-likeness (QED) is 0.0724. The molecule has 5 heterocycles. The topological polar surface area (TPSA) is 40.6 Å². The summed E-state index contributed by atoms with van der Waals surface area (Å²) in [4.78, 5) is 38.9. The van der Waals surface area contributed by atoms with Crippen molar-refractivity contribution in [1.29, 1.82) is 0 Å². The molecule has 53 heavy (non-hydrogen) atoms. The largest absolute Gasteiger partial charge is 0.306 e. The number of unbranched alkanes of at least 4 members (excludes halogenated alkanes) is 12. The summed E-state index contributed by atoms with van der Waals surface area (Å²) in [6.45, 7) is 10.5. The van der Waals surface area contributed by atoms with Gasteiger partial charge in [-0.1, -0.05) is 143 Å². The van der Waals surface area contributed by atoms with E-state index >= 15 is 9.59 Å². The van der Waals surface area contributed by atoms with E-state index in [0.717, 1.165) is 46.8 Å². The van der Waals surface area contributed by atoms with Gasteiger partial charge in [-0.15, -0.1) is 34.0 Å². The van der Waals surface area contributed by atoms with Gasteiger partial charge in [0.05, 0.1) is 32.3 Å². The summed E-state index contributed by atoms with van der Waals surface area (Å²) in [7, 11) is 0.